The third kappa shape index (κ3) is 7.98. The highest BCUT2D eigenvalue weighted by molar-refractivity contribution is 7.88. The fourth-order valence-electron chi connectivity index (χ4n) is 2.69. The van der Waals surface area contributed by atoms with Gasteiger partial charge < -0.3 is 19.3 Å². The molecule has 0 spiro atoms. The first-order chi connectivity index (χ1) is 15.2. The third-order valence-electron chi connectivity index (χ3n) is 4.19. The van der Waals surface area contributed by atoms with Gasteiger partial charge in [0.2, 0.25) is 0 Å². The van der Waals surface area contributed by atoms with Gasteiger partial charge in [-0.05, 0) is 51.0 Å². The number of hydrogen-bond acceptors (Lipinski definition) is 8. The third-order valence-corrected chi connectivity index (χ3v) is 5.17. The van der Waals surface area contributed by atoms with Crippen LogP contribution in [0.1, 0.15) is 38.0 Å². The van der Waals surface area contributed by atoms with Gasteiger partial charge in [-0.3, -0.25) is 9.78 Å². The van der Waals surface area contributed by atoms with Gasteiger partial charge in [-0.25, -0.2) is 0 Å². The second-order valence-corrected chi connectivity index (χ2v) is 9.61. The first-order valence-electron chi connectivity index (χ1n) is 9.83. The zero-order chi connectivity index (χ0) is 24.9. The summed E-state index contributed by atoms with van der Waals surface area (Å²) in [6.07, 6.45) is 2.03. The highest BCUT2D eigenvalue weighted by Gasteiger charge is 2.48. The van der Waals surface area contributed by atoms with E-state index in [0.29, 0.717) is 17.5 Å². The highest BCUT2D eigenvalue weighted by Crippen LogP contribution is 2.27. The molecule has 0 radical (unpaired) electrons. The van der Waals surface area contributed by atoms with Crippen molar-refractivity contribution in [2.45, 2.75) is 50.4 Å². The first-order valence-corrected chi connectivity index (χ1v) is 11.2. The molecule has 0 amide bonds. The average molecular weight is 491 g/mol. The molecule has 0 aliphatic heterocycles. The summed E-state index contributed by atoms with van der Waals surface area (Å²) >= 11 is 0. The van der Waals surface area contributed by atoms with Gasteiger partial charge in [0.15, 0.2) is 0 Å². The van der Waals surface area contributed by atoms with Crippen LogP contribution in [-0.4, -0.2) is 48.2 Å². The maximum atomic E-state index is 12.6. The number of halogens is 3. The van der Waals surface area contributed by atoms with Gasteiger partial charge in [-0.15, -0.1) is 0 Å². The molecule has 0 aliphatic rings. The molecule has 1 aromatic heterocycles. The Labute approximate surface area is 189 Å². The number of rotatable bonds is 9. The van der Waals surface area contributed by atoms with Crippen LogP contribution in [0.3, 0.4) is 0 Å². The quantitative estimate of drug-likeness (QED) is 0.313. The van der Waals surface area contributed by atoms with Gasteiger partial charge in [0.25, 0.3) is 0 Å². The second kappa shape index (κ2) is 10.5. The SMILES string of the molecule is CC(C)(C)OC(=O)C(NCCc1ccc(OS(=O)(=O)C(F)(F)F)cc1)[C@H](O)c1cccnc1. The smallest absolute Gasteiger partial charge is 0.459 e. The lowest BCUT2D eigenvalue weighted by Crippen LogP contribution is -2.46. The number of esters is 1. The summed E-state index contributed by atoms with van der Waals surface area (Å²) in [4.78, 5) is 16.6. The molecule has 182 valence electrons. The fourth-order valence-corrected chi connectivity index (χ4v) is 3.15. The van der Waals surface area contributed by atoms with Gasteiger partial charge >= 0.3 is 21.6 Å². The molecule has 0 saturated heterocycles. The molecule has 0 bridgehead atoms. The lowest BCUT2D eigenvalue weighted by Gasteiger charge is -2.27. The Bertz CT molecular complexity index is 1020. The molecule has 0 saturated carbocycles. The van der Waals surface area contributed by atoms with Crippen LogP contribution in [-0.2, 0) is 26.1 Å². The number of benzene rings is 1. The first kappa shape index (κ1) is 26.6. The zero-order valence-electron chi connectivity index (χ0n) is 18.2. The van der Waals surface area contributed by atoms with E-state index in [1.165, 1.54) is 24.5 Å². The van der Waals surface area contributed by atoms with E-state index in [4.69, 9.17) is 4.74 Å². The number of nitrogens with zero attached hydrogens (tertiary/aromatic N) is 1. The monoisotopic (exact) mass is 490 g/mol. The second-order valence-electron chi connectivity index (χ2n) is 8.07. The number of nitrogens with one attached hydrogen (secondary N) is 1. The number of carbonyl (C=O) groups excluding carboxylic acids is 1. The minimum atomic E-state index is -5.75. The molecular weight excluding hydrogens is 465 g/mol. The molecule has 1 unspecified atom stereocenters. The molecular formula is C21H25F3N2O6S. The van der Waals surface area contributed by atoms with Crippen molar-refractivity contribution in [1.29, 1.82) is 0 Å². The lowest BCUT2D eigenvalue weighted by atomic mass is 10.0. The van der Waals surface area contributed by atoms with Crippen molar-refractivity contribution in [3.8, 4) is 5.75 Å². The molecule has 1 aromatic carbocycles. The maximum Gasteiger partial charge on any atom is 0.534 e. The van der Waals surface area contributed by atoms with Crippen LogP contribution in [0, 0.1) is 0 Å². The van der Waals surface area contributed by atoms with Gasteiger partial charge in [-0.1, -0.05) is 18.2 Å². The van der Waals surface area contributed by atoms with Crippen LogP contribution in [0.2, 0.25) is 0 Å². The Morgan fingerprint density at radius 1 is 1.15 bits per heavy atom. The van der Waals surface area contributed by atoms with Crippen molar-refractivity contribution in [1.82, 2.24) is 10.3 Å². The standard InChI is InChI=1S/C21H25F3N2O6S/c1-20(2,3)31-19(28)17(18(27)15-5-4-11-25-13-15)26-12-10-14-6-8-16(9-7-14)32-33(29,30)21(22,23)24/h4-9,11,13,17-18,26-27H,10,12H2,1-3H3/t17?,18-/m1/s1. The normalized spacial score (nSPS) is 14.4. The largest absolute Gasteiger partial charge is 0.534 e. The maximum absolute atomic E-state index is 12.6. The van der Waals surface area contributed by atoms with Gasteiger partial charge in [0.05, 0.1) is 0 Å². The van der Waals surface area contributed by atoms with E-state index in [1.807, 2.05) is 0 Å². The van der Waals surface area contributed by atoms with Crippen LogP contribution in [0.4, 0.5) is 13.2 Å². The van der Waals surface area contributed by atoms with E-state index in [1.54, 1.807) is 32.9 Å². The summed E-state index contributed by atoms with van der Waals surface area (Å²) in [5.74, 6) is -1.15. The highest BCUT2D eigenvalue weighted by atomic mass is 32.2. The summed E-state index contributed by atoms with van der Waals surface area (Å²) in [5, 5.41) is 13.6. The van der Waals surface area contributed by atoms with E-state index < -0.39 is 45.1 Å². The number of hydrogen-bond donors (Lipinski definition) is 2. The Balaban J connectivity index is 2.05. The molecule has 0 fully saturated rings. The molecule has 2 atom stereocenters. The minimum Gasteiger partial charge on any atom is -0.459 e. The summed E-state index contributed by atoms with van der Waals surface area (Å²) in [6, 6.07) is 7.10. The predicted octanol–water partition coefficient (Wildman–Crippen LogP) is 2.89. The molecule has 2 aromatic rings. The number of carbonyl (C=O) groups is 1. The number of ether oxygens (including phenoxy) is 1. The Kier molecular flexibility index (Phi) is 8.44. The average Bonchev–Trinajstić information content (AvgIpc) is 2.70. The number of aliphatic hydroxyl groups is 1. The van der Waals surface area contributed by atoms with Crippen LogP contribution in [0.15, 0.2) is 48.8 Å². The van der Waals surface area contributed by atoms with E-state index >= 15 is 0 Å². The van der Waals surface area contributed by atoms with E-state index in [0.717, 1.165) is 12.1 Å². The summed E-state index contributed by atoms with van der Waals surface area (Å²) in [7, 11) is -5.75. The molecule has 8 nitrogen and oxygen atoms in total. The Hall–Kier alpha value is -2.70. The van der Waals surface area contributed by atoms with Gasteiger partial charge in [0.1, 0.15) is 23.5 Å². The van der Waals surface area contributed by atoms with Crippen molar-refractivity contribution >= 4 is 16.1 Å². The number of pyridine rings is 1. The molecule has 12 heteroatoms. The number of alkyl halides is 3. The zero-order valence-corrected chi connectivity index (χ0v) is 19.0. The number of aliphatic hydroxyl groups excluding tert-OH is 1. The lowest BCUT2D eigenvalue weighted by molar-refractivity contribution is -0.160. The molecule has 2 rings (SSSR count). The Morgan fingerprint density at radius 2 is 1.79 bits per heavy atom. The van der Waals surface area contributed by atoms with Crippen molar-refractivity contribution in [2.24, 2.45) is 0 Å². The Morgan fingerprint density at radius 3 is 2.30 bits per heavy atom. The fraction of sp³-hybridized carbons (Fsp3) is 0.429. The molecule has 1 heterocycles. The molecule has 2 N–H and O–H groups in total. The minimum absolute atomic E-state index is 0.197. The van der Waals surface area contributed by atoms with Crippen molar-refractivity contribution in [3.05, 3.63) is 59.9 Å². The summed E-state index contributed by atoms with van der Waals surface area (Å²) < 4.78 is 68.8. The van der Waals surface area contributed by atoms with Gasteiger partial charge in [0, 0.05) is 24.5 Å². The van der Waals surface area contributed by atoms with Crippen LogP contribution in [0.25, 0.3) is 0 Å². The summed E-state index contributed by atoms with van der Waals surface area (Å²) in [5.41, 5.74) is -5.27. The van der Waals surface area contributed by atoms with Crippen molar-refractivity contribution in [2.75, 3.05) is 6.54 Å². The van der Waals surface area contributed by atoms with Crippen LogP contribution >= 0.6 is 0 Å². The van der Waals surface area contributed by atoms with Crippen LogP contribution < -0.4 is 9.50 Å². The topological polar surface area (TPSA) is 115 Å². The van der Waals surface area contributed by atoms with Gasteiger partial charge in [-0.2, -0.15) is 21.6 Å². The van der Waals surface area contributed by atoms with E-state index in [-0.39, 0.29) is 6.54 Å². The predicted molar refractivity (Wildman–Crippen MR) is 113 cm³/mol. The van der Waals surface area contributed by atoms with E-state index in [2.05, 4.69) is 14.5 Å². The van der Waals surface area contributed by atoms with Crippen LogP contribution in [0.5, 0.6) is 5.75 Å². The van der Waals surface area contributed by atoms with Crippen molar-refractivity contribution in [3.63, 3.8) is 0 Å². The number of aromatic nitrogens is 1. The van der Waals surface area contributed by atoms with Crippen molar-refractivity contribution < 1.29 is 40.4 Å². The summed E-state index contributed by atoms with van der Waals surface area (Å²) in [6.45, 7) is 5.28. The molecule has 33 heavy (non-hydrogen) atoms. The van der Waals surface area contributed by atoms with E-state index in [9.17, 15) is 31.5 Å². The molecule has 0 aliphatic carbocycles.